The fourth-order valence-electron chi connectivity index (χ4n) is 1.75. The highest BCUT2D eigenvalue weighted by atomic mass is 16.6. The number of ether oxygens (including phenoxy) is 2. The summed E-state index contributed by atoms with van der Waals surface area (Å²) in [5, 5.41) is 13.0. The van der Waals surface area contributed by atoms with Gasteiger partial charge in [0.25, 0.3) is 5.69 Å². The first-order chi connectivity index (χ1) is 11.1. The van der Waals surface area contributed by atoms with Gasteiger partial charge in [0.15, 0.2) is 0 Å². The molecule has 0 heterocycles. The molecule has 1 atom stereocenters. The van der Waals surface area contributed by atoms with Gasteiger partial charge in [-0.1, -0.05) is 6.92 Å². The molecule has 8 heteroatoms. The summed E-state index contributed by atoms with van der Waals surface area (Å²) >= 11 is 0. The summed E-state index contributed by atoms with van der Waals surface area (Å²) in [6.07, 6.45) is -0.347. The number of alkyl carbamates (subject to hydrolysis) is 1. The minimum Gasteiger partial charge on any atom is -0.459 e. The second-order valence-electron chi connectivity index (χ2n) is 6.14. The minimum absolute atomic E-state index is 0.0384. The van der Waals surface area contributed by atoms with Gasteiger partial charge in [0.2, 0.25) is 0 Å². The summed E-state index contributed by atoms with van der Waals surface area (Å²) in [5.41, 5.74) is -0.0884. The van der Waals surface area contributed by atoms with Crippen molar-refractivity contribution in [2.45, 2.75) is 52.4 Å². The van der Waals surface area contributed by atoms with Crippen LogP contribution >= 0.6 is 0 Å². The number of amides is 1. The van der Waals surface area contributed by atoms with Crippen LogP contribution in [0.3, 0.4) is 0 Å². The number of non-ortho nitro benzene ring substituents is 1. The standard InChI is InChI=1S/C16H22N2O6/c1-5-13(17-15(20)24-16(2,3)4)14(19)23-10-11-6-8-12(9-7-11)18(21)22/h6-9,13H,5,10H2,1-4H3,(H,17,20)/t13-/m0/s1. The van der Waals surface area contributed by atoms with Gasteiger partial charge in [0.05, 0.1) is 4.92 Å². The molecule has 0 saturated heterocycles. The van der Waals surface area contributed by atoms with Crippen molar-refractivity contribution in [3.05, 3.63) is 39.9 Å². The topological polar surface area (TPSA) is 108 Å². The number of hydrogen-bond acceptors (Lipinski definition) is 6. The number of nitrogens with one attached hydrogen (secondary N) is 1. The Morgan fingerprint density at radius 2 is 1.83 bits per heavy atom. The largest absolute Gasteiger partial charge is 0.459 e. The minimum atomic E-state index is -0.821. The van der Waals surface area contributed by atoms with Gasteiger partial charge in [0, 0.05) is 12.1 Å². The summed E-state index contributed by atoms with van der Waals surface area (Å²) < 4.78 is 10.2. The maximum atomic E-state index is 12.0. The molecule has 0 bridgehead atoms. The predicted molar refractivity (Wildman–Crippen MR) is 86.3 cm³/mol. The highest BCUT2D eigenvalue weighted by molar-refractivity contribution is 5.81. The molecule has 0 aliphatic carbocycles. The van der Waals surface area contributed by atoms with E-state index in [1.165, 1.54) is 24.3 Å². The number of nitrogens with zero attached hydrogens (tertiary/aromatic N) is 1. The monoisotopic (exact) mass is 338 g/mol. The Hall–Kier alpha value is -2.64. The number of nitro groups is 1. The molecule has 0 aliphatic rings. The van der Waals surface area contributed by atoms with Crippen LogP contribution in [0.2, 0.25) is 0 Å². The van der Waals surface area contributed by atoms with E-state index in [1.54, 1.807) is 27.7 Å². The number of carbonyl (C=O) groups excluding carboxylic acids is 2. The summed E-state index contributed by atoms with van der Waals surface area (Å²) in [6, 6.07) is 4.86. The van der Waals surface area contributed by atoms with E-state index in [0.29, 0.717) is 12.0 Å². The Morgan fingerprint density at radius 3 is 2.29 bits per heavy atom. The molecule has 0 aliphatic heterocycles. The second kappa shape index (κ2) is 8.28. The van der Waals surface area contributed by atoms with E-state index in [4.69, 9.17) is 9.47 Å². The molecule has 0 aromatic heterocycles. The van der Waals surface area contributed by atoms with Crippen LogP contribution in [0.5, 0.6) is 0 Å². The van der Waals surface area contributed by atoms with Crippen molar-refractivity contribution < 1.29 is 24.0 Å². The van der Waals surface area contributed by atoms with Crippen LogP contribution in [0.25, 0.3) is 0 Å². The molecule has 8 nitrogen and oxygen atoms in total. The average Bonchev–Trinajstić information content (AvgIpc) is 2.48. The Kier molecular flexibility index (Phi) is 6.69. The molecule has 0 saturated carbocycles. The van der Waals surface area contributed by atoms with Crippen molar-refractivity contribution in [3.8, 4) is 0 Å². The van der Waals surface area contributed by atoms with Crippen molar-refractivity contribution in [2.24, 2.45) is 0 Å². The van der Waals surface area contributed by atoms with E-state index in [-0.39, 0.29) is 12.3 Å². The van der Waals surface area contributed by atoms with Gasteiger partial charge in [-0.15, -0.1) is 0 Å². The Morgan fingerprint density at radius 1 is 1.25 bits per heavy atom. The molecule has 1 amide bonds. The summed E-state index contributed by atoms with van der Waals surface area (Å²) in [4.78, 5) is 33.8. The van der Waals surface area contributed by atoms with E-state index >= 15 is 0 Å². The Bertz CT molecular complexity index is 592. The zero-order chi connectivity index (χ0) is 18.3. The fraction of sp³-hybridized carbons (Fsp3) is 0.500. The van der Waals surface area contributed by atoms with Gasteiger partial charge in [-0.2, -0.15) is 0 Å². The first-order valence-corrected chi connectivity index (χ1v) is 7.52. The third-order valence-corrected chi connectivity index (χ3v) is 2.91. The number of esters is 1. The lowest BCUT2D eigenvalue weighted by atomic mass is 10.2. The van der Waals surface area contributed by atoms with E-state index in [1.807, 2.05) is 0 Å². The highest BCUT2D eigenvalue weighted by Crippen LogP contribution is 2.13. The van der Waals surface area contributed by atoms with Crippen LogP contribution in [0.15, 0.2) is 24.3 Å². The lowest BCUT2D eigenvalue weighted by Gasteiger charge is -2.22. The van der Waals surface area contributed by atoms with E-state index in [2.05, 4.69) is 5.32 Å². The van der Waals surface area contributed by atoms with E-state index < -0.39 is 28.6 Å². The van der Waals surface area contributed by atoms with Crippen molar-refractivity contribution in [2.75, 3.05) is 0 Å². The number of rotatable bonds is 6. The number of carbonyl (C=O) groups is 2. The third kappa shape index (κ3) is 6.64. The fourth-order valence-corrected chi connectivity index (χ4v) is 1.75. The van der Waals surface area contributed by atoms with Gasteiger partial charge in [-0.3, -0.25) is 10.1 Å². The Balaban J connectivity index is 2.55. The smallest absolute Gasteiger partial charge is 0.408 e. The van der Waals surface area contributed by atoms with Crippen LogP contribution in [0, 0.1) is 10.1 Å². The third-order valence-electron chi connectivity index (χ3n) is 2.91. The first kappa shape index (κ1) is 19.4. The number of nitro benzene ring substituents is 1. The predicted octanol–water partition coefficient (Wildman–Crippen LogP) is 2.94. The van der Waals surface area contributed by atoms with Crippen LogP contribution in [-0.4, -0.2) is 28.6 Å². The van der Waals surface area contributed by atoms with Gasteiger partial charge >= 0.3 is 12.1 Å². The molecule has 0 radical (unpaired) electrons. The van der Waals surface area contributed by atoms with Gasteiger partial charge in [-0.25, -0.2) is 9.59 Å². The van der Waals surface area contributed by atoms with E-state index in [9.17, 15) is 19.7 Å². The molecule has 1 aromatic carbocycles. The van der Waals surface area contributed by atoms with Crippen molar-refractivity contribution in [3.63, 3.8) is 0 Å². The maximum Gasteiger partial charge on any atom is 0.408 e. The zero-order valence-electron chi connectivity index (χ0n) is 14.2. The van der Waals surface area contributed by atoms with Gasteiger partial charge < -0.3 is 14.8 Å². The second-order valence-corrected chi connectivity index (χ2v) is 6.14. The SMILES string of the molecule is CC[C@H](NC(=O)OC(C)(C)C)C(=O)OCc1ccc([N+](=O)[O-])cc1. The van der Waals surface area contributed by atoms with Crippen molar-refractivity contribution >= 4 is 17.7 Å². The molecule has 1 rings (SSSR count). The van der Waals surface area contributed by atoms with Crippen LogP contribution in [-0.2, 0) is 20.9 Å². The molecular weight excluding hydrogens is 316 g/mol. The van der Waals surface area contributed by atoms with Gasteiger partial charge in [-0.05, 0) is 44.9 Å². The molecule has 0 unspecified atom stereocenters. The summed E-state index contributed by atoms with van der Waals surface area (Å²) in [6.45, 7) is 6.86. The molecule has 1 N–H and O–H groups in total. The van der Waals surface area contributed by atoms with Crippen LogP contribution in [0.1, 0.15) is 39.7 Å². The lowest BCUT2D eigenvalue weighted by molar-refractivity contribution is -0.384. The van der Waals surface area contributed by atoms with Crippen LogP contribution < -0.4 is 5.32 Å². The molecule has 1 aromatic rings. The average molecular weight is 338 g/mol. The lowest BCUT2D eigenvalue weighted by Crippen LogP contribution is -2.43. The molecule has 0 fully saturated rings. The van der Waals surface area contributed by atoms with Crippen LogP contribution in [0.4, 0.5) is 10.5 Å². The molecule has 24 heavy (non-hydrogen) atoms. The number of hydrogen-bond donors (Lipinski definition) is 1. The molecule has 0 spiro atoms. The Labute approximate surface area is 140 Å². The maximum absolute atomic E-state index is 12.0. The van der Waals surface area contributed by atoms with Crippen molar-refractivity contribution in [1.29, 1.82) is 0 Å². The van der Waals surface area contributed by atoms with Crippen molar-refractivity contribution in [1.82, 2.24) is 5.32 Å². The van der Waals surface area contributed by atoms with E-state index in [0.717, 1.165) is 0 Å². The quantitative estimate of drug-likeness (QED) is 0.485. The van der Waals surface area contributed by atoms with Gasteiger partial charge in [0.1, 0.15) is 18.2 Å². The normalized spacial score (nSPS) is 12.2. The summed E-state index contributed by atoms with van der Waals surface area (Å²) in [7, 11) is 0. The first-order valence-electron chi connectivity index (χ1n) is 7.52. The number of benzene rings is 1. The molecular formula is C16H22N2O6. The molecule has 132 valence electrons. The summed E-state index contributed by atoms with van der Waals surface area (Å²) in [5.74, 6) is -0.596. The highest BCUT2D eigenvalue weighted by Gasteiger charge is 2.24. The zero-order valence-corrected chi connectivity index (χ0v) is 14.2.